The van der Waals surface area contributed by atoms with Crippen molar-refractivity contribution in [3.05, 3.63) is 108 Å². The number of nitrogens with zero attached hydrogens (tertiary/aromatic N) is 4. The molecule has 4 atom stereocenters. The topological polar surface area (TPSA) is 150 Å². The van der Waals surface area contributed by atoms with E-state index in [4.69, 9.17) is 18.9 Å². The minimum absolute atomic E-state index is 0.0968. The Morgan fingerprint density at radius 3 is 2.04 bits per heavy atom. The van der Waals surface area contributed by atoms with E-state index in [1.807, 2.05) is 78.9 Å². The number of amides is 1. The van der Waals surface area contributed by atoms with Gasteiger partial charge in [-0.1, -0.05) is 54.6 Å². The molecule has 12 heteroatoms. The van der Waals surface area contributed by atoms with Gasteiger partial charge in [-0.2, -0.15) is 0 Å². The quantitative estimate of drug-likeness (QED) is 0.201. The highest BCUT2D eigenvalue weighted by molar-refractivity contribution is 5.95. The minimum atomic E-state index is -1.33. The highest BCUT2D eigenvalue weighted by Crippen LogP contribution is 2.43. The standard InChI is InChI=1S/C33H33N5O7/c1-20(39)37-30-27-31(35-18-34-30)38(19-36-27)32-29(41)28(40)26(45-32)17-44-33(21-7-5-4-6-8-21,22-9-13-24(42-2)14-10-22)23-11-15-25(43-3)16-12-23/h4-16,18-19,26,28-29,32,40-41H,17H2,1-3H3,(H,34,35,37,39)/t26-,28-,29-,32-/m1/s1. The van der Waals surface area contributed by atoms with Crippen LogP contribution in [0.5, 0.6) is 11.5 Å². The molecule has 2 aromatic heterocycles. The fourth-order valence-electron chi connectivity index (χ4n) is 5.67. The molecule has 1 saturated heterocycles. The number of hydrogen-bond donors (Lipinski definition) is 3. The second-order valence-corrected chi connectivity index (χ2v) is 10.6. The van der Waals surface area contributed by atoms with Crippen LogP contribution in [0.4, 0.5) is 5.82 Å². The van der Waals surface area contributed by atoms with Crippen molar-refractivity contribution < 1.29 is 34.0 Å². The Bertz CT molecular complexity index is 1720. The number of aliphatic hydroxyl groups is 2. The molecule has 232 valence electrons. The lowest BCUT2D eigenvalue weighted by atomic mass is 9.80. The van der Waals surface area contributed by atoms with Crippen molar-refractivity contribution >= 4 is 22.9 Å². The van der Waals surface area contributed by atoms with Gasteiger partial charge in [0, 0.05) is 6.92 Å². The maximum absolute atomic E-state index is 11.7. The Hall–Kier alpha value is -4.88. The van der Waals surface area contributed by atoms with Crippen molar-refractivity contribution in [3.8, 4) is 11.5 Å². The molecule has 0 spiro atoms. The first-order chi connectivity index (χ1) is 21.8. The third-order valence-electron chi connectivity index (χ3n) is 7.90. The number of aromatic nitrogens is 4. The van der Waals surface area contributed by atoms with E-state index in [-0.39, 0.29) is 18.3 Å². The fraction of sp³-hybridized carbons (Fsp3) is 0.273. The molecule has 3 aromatic carbocycles. The monoisotopic (exact) mass is 611 g/mol. The van der Waals surface area contributed by atoms with E-state index in [1.54, 1.807) is 14.2 Å². The Kier molecular flexibility index (Phi) is 8.46. The highest BCUT2D eigenvalue weighted by atomic mass is 16.6. The summed E-state index contributed by atoms with van der Waals surface area (Å²) in [7, 11) is 3.21. The van der Waals surface area contributed by atoms with E-state index in [1.165, 1.54) is 24.1 Å². The number of methoxy groups -OCH3 is 2. The smallest absolute Gasteiger partial charge is 0.222 e. The maximum atomic E-state index is 11.7. The highest BCUT2D eigenvalue weighted by Gasteiger charge is 2.47. The Morgan fingerprint density at radius 2 is 1.47 bits per heavy atom. The summed E-state index contributed by atoms with van der Waals surface area (Å²) in [5.41, 5.74) is 1.96. The van der Waals surface area contributed by atoms with Crippen LogP contribution in [0.1, 0.15) is 29.8 Å². The van der Waals surface area contributed by atoms with Crippen LogP contribution in [-0.2, 0) is 19.9 Å². The summed E-state index contributed by atoms with van der Waals surface area (Å²) in [6.45, 7) is 1.27. The zero-order valence-electron chi connectivity index (χ0n) is 24.9. The SMILES string of the molecule is COc1ccc(C(OC[C@H]2O[C@@H](n3cnc4c(NC(C)=O)ncnc43)[C@H](O)[C@@H]2O)(c2ccccc2)c2ccc(OC)cc2)cc1. The Morgan fingerprint density at radius 1 is 0.867 bits per heavy atom. The number of hydrogen-bond acceptors (Lipinski definition) is 10. The van der Waals surface area contributed by atoms with Crippen LogP contribution in [0.2, 0.25) is 0 Å². The third-order valence-corrected chi connectivity index (χ3v) is 7.90. The minimum Gasteiger partial charge on any atom is -0.497 e. The van der Waals surface area contributed by atoms with Gasteiger partial charge in [0.05, 0.1) is 27.2 Å². The molecule has 0 bridgehead atoms. The van der Waals surface area contributed by atoms with Gasteiger partial charge in [-0.15, -0.1) is 0 Å². The molecule has 5 aromatic rings. The number of carbonyl (C=O) groups excluding carboxylic acids is 1. The molecule has 3 N–H and O–H groups in total. The largest absolute Gasteiger partial charge is 0.497 e. The second-order valence-electron chi connectivity index (χ2n) is 10.6. The lowest BCUT2D eigenvalue weighted by molar-refractivity contribution is -0.114. The number of fused-ring (bicyclic) bond motifs is 1. The first-order valence-electron chi connectivity index (χ1n) is 14.3. The number of rotatable bonds is 10. The van der Waals surface area contributed by atoms with Gasteiger partial charge in [-0.05, 0) is 41.0 Å². The summed E-state index contributed by atoms with van der Waals surface area (Å²) in [4.78, 5) is 24.4. The van der Waals surface area contributed by atoms with Crippen LogP contribution in [0.15, 0.2) is 91.5 Å². The van der Waals surface area contributed by atoms with Crippen LogP contribution in [0, 0.1) is 0 Å². The van der Waals surface area contributed by atoms with E-state index in [2.05, 4.69) is 20.3 Å². The van der Waals surface area contributed by atoms with Crippen LogP contribution in [0.3, 0.4) is 0 Å². The molecule has 3 heterocycles. The van der Waals surface area contributed by atoms with Crippen molar-refractivity contribution in [1.29, 1.82) is 0 Å². The number of ether oxygens (including phenoxy) is 4. The van der Waals surface area contributed by atoms with Gasteiger partial charge in [0.1, 0.15) is 41.7 Å². The van der Waals surface area contributed by atoms with Crippen molar-refractivity contribution in [2.24, 2.45) is 0 Å². The molecule has 0 aliphatic carbocycles. The predicted molar refractivity (Wildman–Crippen MR) is 164 cm³/mol. The van der Waals surface area contributed by atoms with Gasteiger partial charge in [0.15, 0.2) is 23.2 Å². The van der Waals surface area contributed by atoms with Crippen molar-refractivity contribution in [1.82, 2.24) is 19.5 Å². The van der Waals surface area contributed by atoms with Crippen LogP contribution in [0.25, 0.3) is 11.2 Å². The maximum Gasteiger partial charge on any atom is 0.222 e. The number of imidazole rings is 1. The summed E-state index contributed by atoms with van der Waals surface area (Å²) < 4.78 is 25.5. The zero-order valence-corrected chi connectivity index (χ0v) is 24.9. The summed E-state index contributed by atoms with van der Waals surface area (Å²) in [6, 6.07) is 24.9. The number of carbonyl (C=O) groups is 1. The third kappa shape index (κ3) is 5.60. The van der Waals surface area contributed by atoms with E-state index in [0.717, 1.165) is 16.7 Å². The molecule has 12 nitrogen and oxygen atoms in total. The number of benzene rings is 3. The van der Waals surface area contributed by atoms with E-state index in [9.17, 15) is 15.0 Å². The first kappa shape index (κ1) is 30.2. The van der Waals surface area contributed by atoms with Crippen LogP contribution in [-0.4, -0.2) is 74.8 Å². The van der Waals surface area contributed by atoms with Gasteiger partial charge < -0.3 is 34.5 Å². The number of nitrogens with one attached hydrogen (secondary N) is 1. The molecule has 1 aliphatic rings. The Labute approximate surface area is 259 Å². The zero-order chi connectivity index (χ0) is 31.6. The van der Waals surface area contributed by atoms with Crippen LogP contribution < -0.4 is 14.8 Å². The van der Waals surface area contributed by atoms with Gasteiger partial charge in [0.25, 0.3) is 0 Å². The molecular weight excluding hydrogens is 578 g/mol. The normalized spacial score (nSPS) is 19.8. The summed E-state index contributed by atoms with van der Waals surface area (Å²) in [5, 5.41) is 25.0. The van der Waals surface area contributed by atoms with Crippen molar-refractivity contribution in [2.45, 2.75) is 37.1 Å². The first-order valence-corrected chi connectivity index (χ1v) is 14.3. The van der Waals surface area contributed by atoms with Gasteiger partial charge >= 0.3 is 0 Å². The molecule has 6 rings (SSSR count). The molecule has 0 saturated carbocycles. The summed E-state index contributed by atoms with van der Waals surface area (Å²) in [6.07, 6.45) is -1.89. The van der Waals surface area contributed by atoms with Crippen molar-refractivity contribution in [2.75, 3.05) is 26.1 Å². The van der Waals surface area contributed by atoms with E-state index in [0.29, 0.717) is 22.7 Å². The average Bonchev–Trinajstić information content (AvgIpc) is 3.63. The molecule has 45 heavy (non-hydrogen) atoms. The second kappa shape index (κ2) is 12.6. The molecule has 0 radical (unpaired) electrons. The van der Waals surface area contributed by atoms with Gasteiger partial charge in [0.2, 0.25) is 5.91 Å². The van der Waals surface area contributed by atoms with E-state index < -0.39 is 30.1 Å². The lowest BCUT2D eigenvalue weighted by Crippen LogP contribution is -2.39. The number of aliphatic hydroxyl groups excluding tert-OH is 2. The lowest BCUT2D eigenvalue weighted by Gasteiger charge is -2.37. The molecule has 1 aliphatic heterocycles. The number of anilines is 1. The average molecular weight is 612 g/mol. The van der Waals surface area contributed by atoms with Gasteiger partial charge in [-0.3, -0.25) is 9.36 Å². The molecule has 1 fully saturated rings. The predicted octanol–water partition coefficient (Wildman–Crippen LogP) is 3.43. The van der Waals surface area contributed by atoms with Gasteiger partial charge in [-0.25, -0.2) is 15.0 Å². The molecule has 0 unspecified atom stereocenters. The summed E-state index contributed by atoms with van der Waals surface area (Å²) in [5.74, 6) is 1.29. The van der Waals surface area contributed by atoms with Crippen LogP contribution >= 0.6 is 0 Å². The summed E-state index contributed by atoms with van der Waals surface area (Å²) >= 11 is 0. The Balaban J connectivity index is 1.37. The molecular formula is C33H33N5O7. The van der Waals surface area contributed by atoms with Crippen molar-refractivity contribution in [3.63, 3.8) is 0 Å². The van der Waals surface area contributed by atoms with E-state index >= 15 is 0 Å². The molecule has 1 amide bonds. The fourth-order valence-corrected chi connectivity index (χ4v) is 5.67.